The van der Waals surface area contributed by atoms with E-state index < -0.39 is 0 Å². The molecule has 0 atom stereocenters. The fraction of sp³-hybridized carbons (Fsp3) is 1.00. The third-order valence-corrected chi connectivity index (χ3v) is 3.40. The average molecular weight is 215 g/mol. The molecule has 3 nitrogen and oxygen atoms in total. The summed E-state index contributed by atoms with van der Waals surface area (Å²) in [5, 5.41) is 0. The highest BCUT2D eigenvalue weighted by atomic mass is 16.5. The van der Waals surface area contributed by atoms with Crippen LogP contribution in [-0.4, -0.2) is 32.0 Å². The van der Waals surface area contributed by atoms with Crippen molar-refractivity contribution in [3.63, 3.8) is 0 Å². The Balaban J connectivity index is 2.27. The van der Waals surface area contributed by atoms with Crippen LogP contribution in [0.1, 0.15) is 39.5 Å². The van der Waals surface area contributed by atoms with E-state index in [1.807, 2.05) is 6.92 Å². The molecule has 1 fully saturated rings. The smallest absolute Gasteiger partial charge is 0.0805 e. The molecule has 1 aliphatic rings. The van der Waals surface area contributed by atoms with Gasteiger partial charge in [-0.3, -0.25) is 0 Å². The lowest BCUT2D eigenvalue weighted by molar-refractivity contribution is -0.0865. The van der Waals surface area contributed by atoms with E-state index in [0.29, 0.717) is 19.8 Å². The van der Waals surface area contributed by atoms with Crippen molar-refractivity contribution in [2.45, 2.75) is 45.1 Å². The molecule has 1 saturated carbocycles. The zero-order chi connectivity index (χ0) is 11.1. The minimum atomic E-state index is -0.0520. The molecule has 2 N–H and O–H groups in total. The Morgan fingerprint density at radius 3 is 2.47 bits per heavy atom. The minimum absolute atomic E-state index is 0.0520. The van der Waals surface area contributed by atoms with Crippen LogP contribution in [0.15, 0.2) is 0 Å². The number of rotatable bonds is 6. The molecule has 0 bridgehead atoms. The molecule has 1 aliphatic carbocycles. The van der Waals surface area contributed by atoms with Crippen LogP contribution in [0.5, 0.6) is 0 Å². The molecule has 0 spiro atoms. The molecule has 0 aliphatic heterocycles. The number of hydrogen-bond donors (Lipinski definition) is 1. The van der Waals surface area contributed by atoms with Crippen LogP contribution in [-0.2, 0) is 9.47 Å². The Bertz CT molecular complexity index is 165. The molecule has 0 aromatic heterocycles. The second-order valence-electron chi connectivity index (χ2n) is 4.62. The highest BCUT2D eigenvalue weighted by Gasteiger charge is 2.33. The Morgan fingerprint density at radius 2 is 1.93 bits per heavy atom. The normalized spacial score (nSPS) is 31.8. The second-order valence-corrected chi connectivity index (χ2v) is 4.62. The van der Waals surface area contributed by atoms with Crippen molar-refractivity contribution >= 4 is 0 Å². The Morgan fingerprint density at radius 1 is 1.27 bits per heavy atom. The number of ether oxygens (including phenoxy) is 2. The summed E-state index contributed by atoms with van der Waals surface area (Å²) >= 11 is 0. The van der Waals surface area contributed by atoms with Crippen LogP contribution in [0.25, 0.3) is 0 Å². The van der Waals surface area contributed by atoms with E-state index in [9.17, 15) is 0 Å². The topological polar surface area (TPSA) is 44.5 Å². The van der Waals surface area contributed by atoms with Gasteiger partial charge in [-0.15, -0.1) is 0 Å². The Hall–Kier alpha value is -0.120. The van der Waals surface area contributed by atoms with Gasteiger partial charge in [0.05, 0.1) is 18.8 Å². The lowest BCUT2D eigenvalue weighted by Gasteiger charge is -2.38. The molecule has 0 saturated heterocycles. The summed E-state index contributed by atoms with van der Waals surface area (Å²) < 4.78 is 11.2. The van der Waals surface area contributed by atoms with Crippen LogP contribution >= 0.6 is 0 Å². The van der Waals surface area contributed by atoms with Gasteiger partial charge in [0.2, 0.25) is 0 Å². The standard InChI is InChI=1S/C12H25NO2/c1-3-14-8-9-15-12(10-13)6-4-11(2)5-7-12/h11H,3-10,13H2,1-2H3. The molecule has 0 aromatic carbocycles. The van der Waals surface area contributed by atoms with E-state index in [4.69, 9.17) is 15.2 Å². The van der Waals surface area contributed by atoms with Gasteiger partial charge in [0.1, 0.15) is 0 Å². The molecular formula is C12H25NO2. The lowest BCUT2D eigenvalue weighted by atomic mass is 9.79. The maximum Gasteiger partial charge on any atom is 0.0805 e. The second kappa shape index (κ2) is 6.46. The Labute approximate surface area is 93.3 Å². The van der Waals surface area contributed by atoms with Crippen LogP contribution in [0, 0.1) is 5.92 Å². The minimum Gasteiger partial charge on any atom is -0.379 e. The summed E-state index contributed by atoms with van der Waals surface area (Å²) in [5.74, 6) is 0.833. The zero-order valence-corrected chi connectivity index (χ0v) is 10.1. The summed E-state index contributed by atoms with van der Waals surface area (Å²) in [6, 6.07) is 0. The van der Waals surface area contributed by atoms with Gasteiger partial charge in [-0.1, -0.05) is 6.92 Å². The van der Waals surface area contributed by atoms with Crippen molar-refractivity contribution in [1.82, 2.24) is 0 Å². The first-order chi connectivity index (χ1) is 7.22. The highest BCUT2D eigenvalue weighted by Crippen LogP contribution is 2.33. The SMILES string of the molecule is CCOCCOC1(CN)CCC(C)CC1. The summed E-state index contributed by atoms with van der Waals surface area (Å²) in [6.45, 7) is 7.08. The molecule has 1 rings (SSSR count). The summed E-state index contributed by atoms with van der Waals surface area (Å²) in [7, 11) is 0. The largest absolute Gasteiger partial charge is 0.379 e. The molecule has 0 radical (unpaired) electrons. The highest BCUT2D eigenvalue weighted by molar-refractivity contribution is 4.87. The van der Waals surface area contributed by atoms with Gasteiger partial charge in [-0.05, 0) is 38.5 Å². The third kappa shape index (κ3) is 4.09. The van der Waals surface area contributed by atoms with Crippen LogP contribution in [0.4, 0.5) is 0 Å². The first kappa shape index (κ1) is 12.9. The molecule has 90 valence electrons. The van der Waals surface area contributed by atoms with Crippen molar-refractivity contribution in [1.29, 1.82) is 0 Å². The third-order valence-electron chi connectivity index (χ3n) is 3.40. The first-order valence-corrected chi connectivity index (χ1v) is 6.14. The average Bonchev–Trinajstić information content (AvgIpc) is 2.28. The maximum absolute atomic E-state index is 5.92. The first-order valence-electron chi connectivity index (χ1n) is 6.14. The van der Waals surface area contributed by atoms with Gasteiger partial charge in [0.15, 0.2) is 0 Å². The molecule has 0 amide bonds. The maximum atomic E-state index is 5.92. The van der Waals surface area contributed by atoms with E-state index in [2.05, 4.69) is 6.92 Å². The summed E-state index contributed by atoms with van der Waals surface area (Å²) in [6.07, 6.45) is 4.70. The van der Waals surface area contributed by atoms with E-state index in [1.165, 1.54) is 12.8 Å². The van der Waals surface area contributed by atoms with E-state index >= 15 is 0 Å². The van der Waals surface area contributed by atoms with Crippen LogP contribution in [0.3, 0.4) is 0 Å². The predicted octanol–water partition coefficient (Wildman–Crippen LogP) is 1.95. The molecule has 0 heterocycles. The predicted molar refractivity (Wildman–Crippen MR) is 61.9 cm³/mol. The van der Waals surface area contributed by atoms with Crippen molar-refractivity contribution in [2.75, 3.05) is 26.4 Å². The van der Waals surface area contributed by atoms with Crippen LogP contribution < -0.4 is 5.73 Å². The summed E-state index contributed by atoms with van der Waals surface area (Å²) in [4.78, 5) is 0. The van der Waals surface area contributed by atoms with Crippen molar-refractivity contribution in [2.24, 2.45) is 11.7 Å². The van der Waals surface area contributed by atoms with Crippen molar-refractivity contribution < 1.29 is 9.47 Å². The summed E-state index contributed by atoms with van der Waals surface area (Å²) in [5.41, 5.74) is 5.78. The Kier molecular flexibility index (Phi) is 5.58. The zero-order valence-electron chi connectivity index (χ0n) is 10.1. The fourth-order valence-electron chi connectivity index (χ4n) is 2.16. The van der Waals surface area contributed by atoms with Gasteiger partial charge < -0.3 is 15.2 Å². The van der Waals surface area contributed by atoms with Crippen LogP contribution in [0.2, 0.25) is 0 Å². The molecule has 0 aromatic rings. The van der Waals surface area contributed by atoms with Crippen molar-refractivity contribution in [3.05, 3.63) is 0 Å². The van der Waals surface area contributed by atoms with E-state index in [0.717, 1.165) is 25.4 Å². The van der Waals surface area contributed by atoms with Gasteiger partial charge in [0, 0.05) is 13.2 Å². The quantitative estimate of drug-likeness (QED) is 0.689. The van der Waals surface area contributed by atoms with Crippen molar-refractivity contribution in [3.8, 4) is 0 Å². The monoisotopic (exact) mass is 215 g/mol. The molecule has 0 unspecified atom stereocenters. The van der Waals surface area contributed by atoms with Gasteiger partial charge in [0.25, 0.3) is 0 Å². The number of hydrogen-bond acceptors (Lipinski definition) is 3. The molecular weight excluding hydrogens is 190 g/mol. The van der Waals surface area contributed by atoms with Gasteiger partial charge >= 0.3 is 0 Å². The van der Waals surface area contributed by atoms with Gasteiger partial charge in [-0.25, -0.2) is 0 Å². The lowest BCUT2D eigenvalue weighted by Crippen LogP contribution is -2.44. The number of nitrogens with two attached hydrogens (primary N) is 1. The van der Waals surface area contributed by atoms with E-state index in [-0.39, 0.29) is 5.60 Å². The molecule has 3 heteroatoms. The fourth-order valence-corrected chi connectivity index (χ4v) is 2.16. The van der Waals surface area contributed by atoms with Gasteiger partial charge in [-0.2, -0.15) is 0 Å². The van der Waals surface area contributed by atoms with E-state index in [1.54, 1.807) is 0 Å². The molecule has 15 heavy (non-hydrogen) atoms.